The molecular weight excluding hydrogens is 269 g/mol. The van der Waals surface area contributed by atoms with Crippen LogP contribution in [0, 0.1) is 0 Å². The van der Waals surface area contributed by atoms with Crippen LogP contribution in [0.5, 0.6) is 0 Å². The van der Waals surface area contributed by atoms with Crippen molar-refractivity contribution in [3.63, 3.8) is 0 Å². The maximum atomic E-state index is 13.0. The summed E-state index contributed by atoms with van der Waals surface area (Å²) in [6.07, 6.45) is 0. The van der Waals surface area contributed by atoms with Gasteiger partial charge >= 0.3 is 7.44 Å². The SMILES string of the molecule is CNC(=S)P1(=O)N(C)C(=O)c2ccccc2N1C. The summed E-state index contributed by atoms with van der Waals surface area (Å²) in [6.45, 7) is 0. The van der Waals surface area contributed by atoms with Gasteiger partial charge in [-0.1, -0.05) is 24.4 Å². The van der Waals surface area contributed by atoms with Gasteiger partial charge in [-0.2, -0.15) is 0 Å². The number of rotatable bonds is 1. The number of anilines is 1. The van der Waals surface area contributed by atoms with Crippen molar-refractivity contribution in [2.24, 2.45) is 0 Å². The largest absolute Gasteiger partial charge is 0.374 e. The number of fused-ring (bicyclic) bond motifs is 1. The van der Waals surface area contributed by atoms with Gasteiger partial charge in [0.1, 0.15) is 0 Å². The van der Waals surface area contributed by atoms with E-state index in [9.17, 15) is 9.36 Å². The van der Waals surface area contributed by atoms with Crippen LogP contribution in [-0.2, 0) is 4.57 Å². The highest BCUT2D eigenvalue weighted by Crippen LogP contribution is 2.58. The summed E-state index contributed by atoms with van der Waals surface area (Å²) in [5.74, 6) is -0.273. The van der Waals surface area contributed by atoms with Crippen molar-refractivity contribution in [2.45, 2.75) is 0 Å². The molecule has 1 aromatic carbocycles. The summed E-state index contributed by atoms with van der Waals surface area (Å²) >= 11 is 5.12. The van der Waals surface area contributed by atoms with Crippen LogP contribution in [0.4, 0.5) is 5.69 Å². The highest BCUT2D eigenvalue weighted by molar-refractivity contribution is 8.01. The second kappa shape index (κ2) is 4.37. The fraction of sp³-hybridized carbons (Fsp3) is 0.273. The standard InChI is InChI=1S/C11H14N3O2PS/c1-12-11(18)17(16)13(2)9-7-5-4-6-8(9)10(15)14(17)3/h4-7H,1-3H3,(H,12,18). The van der Waals surface area contributed by atoms with Gasteiger partial charge in [0.15, 0.2) is 4.73 Å². The molecule has 1 amide bonds. The Bertz CT molecular complexity index is 575. The van der Waals surface area contributed by atoms with Crippen molar-refractivity contribution in [3.8, 4) is 0 Å². The molecule has 96 valence electrons. The van der Waals surface area contributed by atoms with Crippen LogP contribution in [0.3, 0.4) is 0 Å². The average molecular weight is 283 g/mol. The molecule has 0 spiro atoms. The quantitative estimate of drug-likeness (QED) is 0.630. The van der Waals surface area contributed by atoms with Crippen LogP contribution in [0.15, 0.2) is 24.3 Å². The lowest BCUT2D eigenvalue weighted by molar-refractivity contribution is 0.0879. The van der Waals surface area contributed by atoms with E-state index in [-0.39, 0.29) is 10.6 Å². The van der Waals surface area contributed by atoms with E-state index in [1.807, 2.05) is 0 Å². The van der Waals surface area contributed by atoms with E-state index in [0.29, 0.717) is 11.3 Å². The molecular formula is C11H14N3O2PS. The first-order chi connectivity index (χ1) is 8.44. The number of para-hydroxylation sites is 1. The molecule has 0 saturated heterocycles. The summed E-state index contributed by atoms with van der Waals surface area (Å²) < 4.78 is 16.0. The monoisotopic (exact) mass is 283 g/mol. The first-order valence-electron chi connectivity index (χ1n) is 5.38. The predicted octanol–water partition coefficient (Wildman–Crippen LogP) is 1.91. The molecule has 0 radical (unpaired) electrons. The van der Waals surface area contributed by atoms with Crippen LogP contribution >= 0.6 is 19.7 Å². The number of nitrogens with zero attached hydrogens (tertiary/aromatic N) is 2. The number of hydrogen-bond acceptors (Lipinski definition) is 3. The molecule has 0 bridgehead atoms. The minimum Gasteiger partial charge on any atom is -0.374 e. The molecule has 0 saturated carbocycles. The molecule has 1 atom stereocenters. The number of nitrogens with one attached hydrogen (secondary N) is 1. The number of carbonyl (C=O) groups is 1. The topological polar surface area (TPSA) is 52.7 Å². The Labute approximate surface area is 111 Å². The minimum atomic E-state index is -3.24. The van der Waals surface area contributed by atoms with E-state index in [2.05, 4.69) is 5.32 Å². The number of hydrogen-bond donors (Lipinski definition) is 1. The first-order valence-corrected chi connectivity index (χ1v) is 7.40. The third kappa shape index (κ3) is 1.56. The predicted molar refractivity (Wildman–Crippen MR) is 76.2 cm³/mol. The van der Waals surface area contributed by atoms with Crippen LogP contribution in [-0.4, -0.2) is 36.5 Å². The highest BCUT2D eigenvalue weighted by Gasteiger charge is 2.45. The fourth-order valence-corrected chi connectivity index (χ4v) is 4.79. The highest BCUT2D eigenvalue weighted by atomic mass is 32.1. The average Bonchev–Trinajstić information content (AvgIpc) is 2.41. The molecule has 1 unspecified atom stereocenters. The maximum absolute atomic E-state index is 13.0. The molecule has 1 aliphatic rings. The Balaban J connectivity index is 2.66. The van der Waals surface area contributed by atoms with Gasteiger partial charge in [-0.05, 0) is 12.1 Å². The van der Waals surface area contributed by atoms with Gasteiger partial charge in [0.2, 0.25) is 0 Å². The van der Waals surface area contributed by atoms with Gasteiger partial charge in [0.05, 0.1) is 11.3 Å². The Morgan fingerprint density at radius 1 is 1.28 bits per heavy atom. The molecule has 7 heteroatoms. The van der Waals surface area contributed by atoms with Gasteiger partial charge in [-0.25, -0.2) is 0 Å². The van der Waals surface area contributed by atoms with Crippen molar-refractivity contribution in [2.75, 3.05) is 25.8 Å². The lowest BCUT2D eigenvalue weighted by Gasteiger charge is -2.41. The maximum Gasteiger partial charge on any atom is 0.321 e. The molecule has 0 aliphatic carbocycles. The Kier molecular flexibility index (Phi) is 3.17. The van der Waals surface area contributed by atoms with E-state index >= 15 is 0 Å². The van der Waals surface area contributed by atoms with Gasteiger partial charge in [-0.3, -0.25) is 14.0 Å². The summed E-state index contributed by atoms with van der Waals surface area (Å²) in [6, 6.07) is 7.08. The molecule has 1 N–H and O–H groups in total. The molecule has 18 heavy (non-hydrogen) atoms. The normalized spacial score (nSPS) is 22.7. The molecule has 5 nitrogen and oxygen atoms in total. The smallest absolute Gasteiger partial charge is 0.321 e. The van der Waals surface area contributed by atoms with Crippen LogP contribution in [0.2, 0.25) is 0 Å². The summed E-state index contributed by atoms with van der Waals surface area (Å²) in [7, 11) is 1.57. The zero-order chi connectivity index (χ0) is 13.5. The van der Waals surface area contributed by atoms with E-state index < -0.39 is 7.44 Å². The van der Waals surface area contributed by atoms with Crippen LogP contribution < -0.4 is 9.99 Å². The van der Waals surface area contributed by atoms with Crippen molar-refractivity contribution >= 4 is 36.0 Å². The minimum absolute atomic E-state index is 0.176. The third-order valence-corrected chi connectivity index (χ3v) is 6.76. The molecule has 0 fully saturated rings. The summed E-state index contributed by atoms with van der Waals surface area (Å²) in [5, 5.41) is 2.72. The third-order valence-electron chi connectivity index (χ3n) is 3.07. The van der Waals surface area contributed by atoms with E-state index in [1.165, 1.54) is 11.7 Å². The molecule has 1 aromatic rings. The molecule has 1 aliphatic heterocycles. The van der Waals surface area contributed by atoms with E-state index in [0.717, 1.165) is 0 Å². The van der Waals surface area contributed by atoms with Gasteiger partial charge in [0.25, 0.3) is 5.91 Å². The summed E-state index contributed by atoms with van der Waals surface area (Å²) in [5.41, 5.74) is 1.18. The second-order valence-electron chi connectivity index (χ2n) is 3.97. The number of thiocarbonyl (C=S) groups is 1. The van der Waals surface area contributed by atoms with Crippen LogP contribution in [0.25, 0.3) is 0 Å². The van der Waals surface area contributed by atoms with E-state index in [1.54, 1.807) is 43.0 Å². The van der Waals surface area contributed by atoms with E-state index in [4.69, 9.17) is 12.2 Å². The Morgan fingerprint density at radius 2 is 1.89 bits per heavy atom. The number of amides is 1. The van der Waals surface area contributed by atoms with Crippen molar-refractivity contribution < 1.29 is 9.36 Å². The summed E-state index contributed by atoms with van der Waals surface area (Å²) in [4.78, 5) is 12.2. The van der Waals surface area contributed by atoms with Crippen molar-refractivity contribution in [1.29, 1.82) is 0 Å². The Morgan fingerprint density at radius 3 is 2.50 bits per heavy atom. The molecule has 2 rings (SSSR count). The zero-order valence-corrected chi connectivity index (χ0v) is 12.1. The first kappa shape index (κ1) is 13.1. The van der Waals surface area contributed by atoms with Gasteiger partial charge in [0, 0.05) is 21.1 Å². The van der Waals surface area contributed by atoms with Crippen molar-refractivity contribution in [1.82, 2.24) is 9.99 Å². The van der Waals surface area contributed by atoms with Crippen molar-refractivity contribution in [3.05, 3.63) is 29.8 Å². The lowest BCUT2D eigenvalue weighted by atomic mass is 10.1. The second-order valence-corrected chi connectivity index (χ2v) is 7.41. The van der Waals surface area contributed by atoms with Crippen LogP contribution in [0.1, 0.15) is 10.4 Å². The number of benzene rings is 1. The number of carbonyl (C=O) groups excluding carboxylic acids is 1. The van der Waals surface area contributed by atoms with Gasteiger partial charge in [-0.15, -0.1) is 0 Å². The zero-order valence-electron chi connectivity index (χ0n) is 10.4. The Hall–Kier alpha value is -1.39. The lowest BCUT2D eigenvalue weighted by Crippen LogP contribution is -2.42. The fourth-order valence-electron chi connectivity index (χ4n) is 2.00. The van der Waals surface area contributed by atoms with Gasteiger partial charge < -0.3 is 9.99 Å². The molecule has 1 heterocycles. The molecule has 0 aromatic heterocycles.